The Morgan fingerprint density at radius 3 is 2.36 bits per heavy atom. The van der Waals surface area contributed by atoms with E-state index in [9.17, 15) is 24.3 Å². The number of nitrogens with zero attached hydrogens (tertiary/aromatic N) is 1. The molecule has 4 amide bonds. The third-order valence-electron chi connectivity index (χ3n) is 5.37. The molecule has 1 aromatic carbocycles. The molecule has 4 N–H and O–H groups in total. The Kier molecular flexibility index (Phi) is 9.57. The van der Waals surface area contributed by atoms with Gasteiger partial charge in [-0.2, -0.15) is 11.8 Å². The maximum absolute atomic E-state index is 13.4. The fourth-order valence-corrected chi connectivity index (χ4v) is 4.26. The number of carboxylic acid groups (broad SMARTS) is 1. The zero-order valence-electron chi connectivity index (χ0n) is 19.8. The Balaban J connectivity index is 2.30. The van der Waals surface area contributed by atoms with Crippen LogP contribution in [-0.4, -0.2) is 59.1 Å². The predicted octanol–water partition coefficient (Wildman–Crippen LogP) is 2.92. The normalized spacial score (nSPS) is 17.2. The maximum atomic E-state index is 13.4. The molecule has 1 aliphatic heterocycles. The molecule has 1 aliphatic rings. The van der Waals surface area contributed by atoms with Crippen molar-refractivity contribution in [2.45, 2.75) is 58.7 Å². The van der Waals surface area contributed by atoms with E-state index in [1.807, 2.05) is 34.0 Å². The summed E-state index contributed by atoms with van der Waals surface area (Å²) in [6, 6.07) is 3.68. The van der Waals surface area contributed by atoms with Crippen molar-refractivity contribution in [1.29, 1.82) is 0 Å². The molecule has 0 fully saturated rings. The number of rotatable bonds is 10. The van der Waals surface area contributed by atoms with Crippen molar-refractivity contribution in [3.8, 4) is 0 Å². The van der Waals surface area contributed by atoms with Crippen LogP contribution in [0, 0.1) is 11.8 Å². The first-order chi connectivity index (χ1) is 15.6. The molecule has 0 spiro atoms. The number of para-hydroxylation sites is 2. The van der Waals surface area contributed by atoms with Crippen molar-refractivity contribution in [3.63, 3.8) is 0 Å². The Morgan fingerprint density at radius 1 is 1.12 bits per heavy atom. The van der Waals surface area contributed by atoms with Crippen molar-refractivity contribution in [3.05, 3.63) is 24.3 Å². The number of hydrogen-bond acceptors (Lipinski definition) is 5. The molecule has 0 radical (unpaired) electrons. The number of nitrogens with one attached hydrogen (secondary N) is 3. The highest BCUT2D eigenvalue weighted by atomic mass is 32.2. The van der Waals surface area contributed by atoms with Crippen LogP contribution in [0.5, 0.6) is 0 Å². The molecule has 0 saturated carbocycles. The van der Waals surface area contributed by atoms with E-state index in [0.29, 0.717) is 23.5 Å². The van der Waals surface area contributed by atoms with Crippen LogP contribution in [0.25, 0.3) is 0 Å². The van der Waals surface area contributed by atoms with Crippen LogP contribution in [0.2, 0.25) is 0 Å². The van der Waals surface area contributed by atoms with E-state index >= 15 is 0 Å². The van der Waals surface area contributed by atoms with Gasteiger partial charge in [0.25, 0.3) is 0 Å². The molecular formula is C23H34N4O5S. The first kappa shape index (κ1) is 26.5. The Morgan fingerprint density at radius 2 is 1.79 bits per heavy atom. The van der Waals surface area contributed by atoms with Crippen molar-refractivity contribution in [2.24, 2.45) is 11.8 Å². The number of carbonyl (C=O) groups excluding carboxylic acids is 3. The van der Waals surface area contributed by atoms with Crippen molar-refractivity contribution >= 4 is 47.0 Å². The van der Waals surface area contributed by atoms with E-state index in [1.165, 1.54) is 16.7 Å². The van der Waals surface area contributed by atoms with Gasteiger partial charge in [-0.05, 0) is 48.8 Å². The maximum Gasteiger partial charge on any atom is 0.326 e. The molecule has 3 atom stereocenters. The number of fused-ring (bicyclic) bond motifs is 1. The zero-order valence-corrected chi connectivity index (χ0v) is 20.6. The van der Waals surface area contributed by atoms with Crippen LogP contribution in [0.4, 0.5) is 16.2 Å². The average molecular weight is 479 g/mol. The van der Waals surface area contributed by atoms with Crippen LogP contribution < -0.4 is 20.9 Å². The summed E-state index contributed by atoms with van der Waals surface area (Å²) in [6.45, 7) is 7.52. The van der Waals surface area contributed by atoms with Crippen LogP contribution in [0.15, 0.2) is 24.3 Å². The fraction of sp³-hybridized carbons (Fsp3) is 0.565. The third kappa shape index (κ3) is 6.86. The van der Waals surface area contributed by atoms with Gasteiger partial charge < -0.3 is 21.1 Å². The van der Waals surface area contributed by atoms with Crippen LogP contribution in [0.3, 0.4) is 0 Å². The van der Waals surface area contributed by atoms with Gasteiger partial charge in [-0.1, -0.05) is 39.8 Å². The molecule has 0 saturated heterocycles. The topological polar surface area (TPSA) is 128 Å². The molecule has 0 bridgehead atoms. The molecular weight excluding hydrogens is 444 g/mol. The van der Waals surface area contributed by atoms with E-state index in [0.717, 1.165) is 0 Å². The van der Waals surface area contributed by atoms with Crippen molar-refractivity contribution in [1.82, 2.24) is 10.6 Å². The lowest BCUT2D eigenvalue weighted by atomic mass is 9.97. The first-order valence-corrected chi connectivity index (χ1v) is 12.5. The van der Waals surface area contributed by atoms with Gasteiger partial charge in [0.15, 0.2) is 0 Å². The molecule has 0 unspecified atom stereocenters. The van der Waals surface area contributed by atoms with E-state index in [4.69, 9.17) is 0 Å². The van der Waals surface area contributed by atoms with Gasteiger partial charge in [0.05, 0.1) is 11.4 Å². The molecule has 1 aromatic rings. The van der Waals surface area contributed by atoms with Gasteiger partial charge in [0.2, 0.25) is 11.8 Å². The van der Waals surface area contributed by atoms with E-state index in [-0.39, 0.29) is 24.2 Å². The van der Waals surface area contributed by atoms with Gasteiger partial charge in [0, 0.05) is 0 Å². The van der Waals surface area contributed by atoms with Crippen LogP contribution >= 0.6 is 11.8 Å². The number of thioether (sulfide) groups is 1. The number of carboxylic acids is 1. The SMILES string of the molecule is CSCC[C@H](NC(=O)[C@H](CC(C)C)NC(=O)N1c2ccccc2NC(=O)[C@@H]1C(C)C)C(=O)O. The highest BCUT2D eigenvalue weighted by molar-refractivity contribution is 7.98. The molecule has 182 valence electrons. The summed E-state index contributed by atoms with van der Waals surface area (Å²) >= 11 is 1.49. The lowest BCUT2D eigenvalue weighted by Crippen LogP contribution is -2.60. The quantitative estimate of drug-likeness (QED) is 0.409. The summed E-state index contributed by atoms with van der Waals surface area (Å²) in [5.41, 5.74) is 1.06. The Bertz CT molecular complexity index is 876. The van der Waals surface area contributed by atoms with Gasteiger partial charge in [-0.15, -0.1) is 0 Å². The molecule has 33 heavy (non-hydrogen) atoms. The molecule has 9 nitrogen and oxygen atoms in total. The molecule has 2 rings (SSSR count). The second-order valence-electron chi connectivity index (χ2n) is 8.88. The second kappa shape index (κ2) is 11.9. The number of amides is 4. The molecule has 0 aliphatic carbocycles. The smallest absolute Gasteiger partial charge is 0.326 e. The summed E-state index contributed by atoms with van der Waals surface area (Å²) in [4.78, 5) is 52.2. The summed E-state index contributed by atoms with van der Waals surface area (Å²) < 4.78 is 0. The van der Waals surface area contributed by atoms with Gasteiger partial charge in [0.1, 0.15) is 18.1 Å². The summed E-state index contributed by atoms with van der Waals surface area (Å²) in [5, 5.41) is 17.6. The highest BCUT2D eigenvalue weighted by Crippen LogP contribution is 2.34. The minimum Gasteiger partial charge on any atom is -0.480 e. The van der Waals surface area contributed by atoms with Crippen molar-refractivity contribution < 1.29 is 24.3 Å². The number of benzene rings is 1. The number of hydrogen-bond donors (Lipinski definition) is 4. The average Bonchev–Trinajstić information content (AvgIpc) is 2.74. The second-order valence-corrected chi connectivity index (χ2v) is 9.86. The number of carbonyl (C=O) groups is 4. The predicted molar refractivity (Wildman–Crippen MR) is 131 cm³/mol. The molecule has 10 heteroatoms. The van der Waals surface area contributed by atoms with E-state index in [1.54, 1.807) is 24.3 Å². The van der Waals surface area contributed by atoms with E-state index < -0.39 is 36.0 Å². The van der Waals surface area contributed by atoms with Gasteiger partial charge in [-0.3, -0.25) is 14.5 Å². The standard InChI is InChI=1S/C23H34N4O5S/c1-13(2)12-17(20(28)25-16(22(30)31)10-11-33-5)26-23(32)27-18-9-7-6-8-15(18)24-21(29)19(27)14(3)4/h6-9,13-14,16-17,19H,10-12H2,1-5H3,(H,24,29)(H,25,28)(H,26,32)(H,30,31)/t16-,17-,19-/m0/s1. The van der Waals surface area contributed by atoms with Gasteiger partial charge >= 0.3 is 12.0 Å². The van der Waals surface area contributed by atoms with Gasteiger partial charge in [-0.25, -0.2) is 9.59 Å². The fourth-order valence-electron chi connectivity index (χ4n) is 3.79. The highest BCUT2D eigenvalue weighted by Gasteiger charge is 2.40. The van der Waals surface area contributed by atoms with Crippen LogP contribution in [-0.2, 0) is 14.4 Å². The largest absolute Gasteiger partial charge is 0.480 e. The van der Waals surface area contributed by atoms with E-state index in [2.05, 4.69) is 16.0 Å². The van der Waals surface area contributed by atoms with Crippen molar-refractivity contribution in [2.75, 3.05) is 22.2 Å². The first-order valence-electron chi connectivity index (χ1n) is 11.1. The minimum absolute atomic E-state index is 0.0633. The number of anilines is 2. The molecule has 0 aromatic heterocycles. The lowest BCUT2D eigenvalue weighted by molar-refractivity contribution is -0.142. The number of urea groups is 1. The Labute approximate surface area is 199 Å². The summed E-state index contributed by atoms with van der Waals surface area (Å²) in [7, 11) is 0. The third-order valence-corrected chi connectivity index (χ3v) is 6.01. The summed E-state index contributed by atoms with van der Waals surface area (Å²) in [5.74, 6) is -1.51. The monoisotopic (exact) mass is 478 g/mol. The minimum atomic E-state index is -1.12. The Hall–Kier alpha value is -2.75. The number of aliphatic carboxylic acids is 1. The zero-order chi connectivity index (χ0) is 24.7. The lowest BCUT2D eigenvalue weighted by Gasteiger charge is -2.39. The molecule has 1 heterocycles. The summed E-state index contributed by atoms with van der Waals surface area (Å²) in [6.07, 6.45) is 2.46. The van der Waals surface area contributed by atoms with Crippen LogP contribution in [0.1, 0.15) is 40.5 Å².